The zero-order valence-corrected chi connectivity index (χ0v) is 8.47. The lowest BCUT2D eigenvalue weighted by molar-refractivity contribution is -0.142. The number of carbonyl (C=O) groups is 1. The van der Waals surface area contributed by atoms with E-state index >= 15 is 0 Å². The van der Waals surface area contributed by atoms with Crippen LogP contribution in [0, 0.1) is 11.3 Å². The Morgan fingerprint density at radius 3 is 2.69 bits per heavy atom. The summed E-state index contributed by atoms with van der Waals surface area (Å²) in [6.07, 6.45) is 2.70. The average Bonchev–Trinajstić information content (AvgIpc) is 2.10. The number of nitriles is 1. The number of halogens is 1. The van der Waals surface area contributed by atoms with Gasteiger partial charge in [0.05, 0.1) is 13.2 Å². The molecule has 0 saturated heterocycles. The monoisotopic (exact) mass is 206 g/mol. The number of hydrogen-bond acceptors (Lipinski definition) is 4. The molecule has 0 spiro atoms. The van der Waals surface area contributed by atoms with Crippen LogP contribution in [0.2, 0.25) is 0 Å². The van der Waals surface area contributed by atoms with Crippen LogP contribution in [0.3, 0.4) is 0 Å². The molecule has 5 heteroatoms. The van der Waals surface area contributed by atoms with Crippen LogP contribution in [0.5, 0.6) is 0 Å². The van der Waals surface area contributed by atoms with Crippen LogP contribution >= 0.6 is 12.4 Å². The maximum absolute atomic E-state index is 10.8. The van der Waals surface area contributed by atoms with Gasteiger partial charge in [-0.1, -0.05) is 6.42 Å². The summed E-state index contributed by atoms with van der Waals surface area (Å²) in [5.41, 5.74) is 5.45. The Labute approximate surface area is 84.5 Å². The number of nitrogens with zero attached hydrogens (tertiary/aromatic N) is 1. The molecule has 1 unspecified atom stereocenters. The smallest absolute Gasteiger partial charge is 0.322 e. The van der Waals surface area contributed by atoms with Gasteiger partial charge in [-0.05, 0) is 12.8 Å². The molecule has 0 saturated carbocycles. The molecule has 4 nitrogen and oxygen atoms in total. The van der Waals surface area contributed by atoms with Crippen molar-refractivity contribution in [3.05, 3.63) is 0 Å². The molecule has 0 fully saturated rings. The minimum Gasteiger partial charge on any atom is -0.468 e. The van der Waals surface area contributed by atoms with Crippen molar-refractivity contribution in [1.29, 1.82) is 5.26 Å². The van der Waals surface area contributed by atoms with Crippen molar-refractivity contribution in [2.75, 3.05) is 7.11 Å². The minimum atomic E-state index is -0.534. The fourth-order valence-electron chi connectivity index (χ4n) is 0.838. The summed E-state index contributed by atoms with van der Waals surface area (Å²) in [6, 6.07) is 1.49. The van der Waals surface area contributed by atoms with Crippen molar-refractivity contribution < 1.29 is 9.53 Å². The van der Waals surface area contributed by atoms with E-state index in [1.807, 2.05) is 6.07 Å². The first kappa shape index (κ1) is 14.7. The number of methoxy groups -OCH3 is 1. The highest BCUT2D eigenvalue weighted by Crippen LogP contribution is 2.02. The lowest BCUT2D eigenvalue weighted by Gasteiger charge is -2.07. The van der Waals surface area contributed by atoms with Crippen LogP contribution in [0.4, 0.5) is 0 Å². The van der Waals surface area contributed by atoms with Crippen LogP contribution in [-0.4, -0.2) is 19.1 Å². The molecule has 0 radical (unpaired) electrons. The van der Waals surface area contributed by atoms with E-state index in [1.165, 1.54) is 7.11 Å². The number of rotatable bonds is 5. The highest BCUT2D eigenvalue weighted by atomic mass is 35.5. The number of ether oxygens (including phenoxy) is 1. The second-order valence-electron chi connectivity index (χ2n) is 2.53. The third-order valence-electron chi connectivity index (χ3n) is 1.56. The third-order valence-corrected chi connectivity index (χ3v) is 1.56. The SMILES string of the molecule is COC(=O)C(N)CCCCC#N.Cl. The Bertz CT molecular complexity index is 179. The molecular weight excluding hydrogens is 192 g/mol. The van der Waals surface area contributed by atoms with E-state index in [1.54, 1.807) is 0 Å². The summed E-state index contributed by atoms with van der Waals surface area (Å²) < 4.78 is 4.44. The first-order valence-corrected chi connectivity index (χ1v) is 3.92. The summed E-state index contributed by atoms with van der Waals surface area (Å²) in [5, 5.41) is 8.21. The van der Waals surface area contributed by atoms with E-state index in [-0.39, 0.29) is 18.4 Å². The molecule has 0 bridgehead atoms. The maximum Gasteiger partial charge on any atom is 0.322 e. The van der Waals surface area contributed by atoms with Crippen molar-refractivity contribution in [1.82, 2.24) is 0 Å². The van der Waals surface area contributed by atoms with Gasteiger partial charge in [-0.25, -0.2) is 0 Å². The van der Waals surface area contributed by atoms with E-state index in [9.17, 15) is 4.79 Å². The molecule has 76 valence electrons. The molecule has 0 aromatic carbocycles. The van der Waals surface area contributed by atoms with Crippen molar-refractivity contribution in [2.45, 2.75) is 31.7 Å². The number of hydrogen-bond donors (Lipinski definition) is 1. The lowest BCUT2D eigenvalue weighted by Crippen LogP contribution is -2.31. The van der Waals surface area contributed by atoms with Gasteiger partial charge in [0.2, 0.25) is 0 Å². The van der Waals surface area contributed by atoms with Gasteiger partial charge in [0.1, 0.15) is 6.04 Å². The predicted octanol–water partition coefficient (Wildman–Crippen LogP) is 0.992. The lowest BCUT2D eigenvalue weighted by atomic mass is 10.1. The standard InChI is InChI=1S/C8H14N2O2.ClH/c1-12-8(11)7(10)5-3-2-4-6-9;/h7H,2-5,10H2,1H3;1H. The zero-order chi connectivity index (χ0) is 9.40. The van der Waals surface area contributed by atoms with E-state index < -0.39 is 6.04 Å². The Balaban J connectivity index is 0. The molecule has 0 aromatic rings. The summed E-state index contributed by atoms with van der Waals surface area (Å²) in [6.45, 7) is 0. The summed E-state index contributed by atoms with van der Waals surface area (Å²) >= 11 is 0. The second kappa shape index (κ2) is 9.30. The fraction of sp³-hybridized carbons (Fsp3) is 0.750. The van der Waals surface area contributed by atoms with Gasteiger partial charge in [-0.3, -0.25) is 4.79 Å². The van der Waals surface area contributed by atoms with Gasteiger partial charge in [0, 0.05) is 6.42 Å². The summed E-state index contributed by atoms with van der Waals surface area (Å²) in [7, 11) is 1.32. The van der Waals surface area contributed by atoms with Gasteiger partial charge in [-0.15, -0.1) is 12.4 Å². The third kappa shape index (κ3) is 7.57. The highest BCUT2D eigenvalue weighted by Gasteiger charge is 2.11. The molecule has 0 aliphatic carbocycles. The normalized spacial score (nSPS) is 10.8. The zero-order valence-electron chi connectivity index (χ0n) is 7.66. The average molecular weight is 207 g/mol. The van der Waals surface area contributed by atoms with Gasteiger partial charge >= 0.3 is 5.97 Å². The van der Waals surface area contributed by atoms with Crippen molar-refractivity contribution in [3.63, 3.8) is 0 Å². The topological polar surface area (TPSA) is 76.1 Å². The van der Waals surface area contributed by atoms with Crippen LogP contribution in [-0.2, 0) is 9.53 Å². The Morgan fingerprint density at radius 1 is 1.62 bits per heavy atom. The molecule has 2 N–H and O–H groups in total. The first-order valence-electron chi connectivity index (χ1n) is 3.92. The van der Waals surface area contributed by atoms with Gasteiger partial charge in [-0.2, -0.15) is 5.26 Å². The largest absolute Gasteiger partial charge is 0.468 e. The van der Waals surface area contributed by atoms with E-state index in [0.717, 1.165) is 12.8 Å². The number of unbranched alkanes of at least 4 members (excludes halogenated alkanes) is 2. The number of esters is 1. The molecular formula is C8H15ClN2O2. The van der Waals surface area contributed by atoms with Crippen molar-refractivity contribution >= 4 is 18.4 Å². The van der Waals surface area contributed by atoms with Crippen molar-refractivity contribution in [3.8, 4) is 6.07 Å². The predicted molar refractivity (Wildman–Crippen MR) is 51.3 cm³/mol. The maximum atomic E-state index is 10.8. The van der Waals surface area contributed by atoms with Gasteiger partial charge < -0.3 is 10.5 Å². The molecule has 0 aromatic heterocycles. The molecule has 0 rings (SSSR count). The fourth-order valence-corrected chi connectivity index (χ4v) is 0.838. The molecule has 0 heterocycles. The minimum absolute atomic E-state index is 0. The van der Waals surface area contributed by atoms with Gasteiger partial charge in [0.25, 0.3) is 0 Å². The van der Waals surface area contributed by atoms with Gasteiger partial charge in [0.15, 0.2) is 0 Å². The van der Waals surface area contributed by atoms with Crippen LogP contribution in [0.15, 0.2) is 0 Å². The van der Waals surface area contributed by atoms with E-state index in [4.69, 9.17) is 11.0 Å². The number of nitrogens with two attached hydrogens (primary N) is 1. The first-order chi connectivity index (χ1) is 5.72. The molecule has 1 atom stereocenters. The quantitative estimate of drug-likeness (QED) is 0.538. The molecule has 0 amide bonds. The Kier molecular flexibility index (Phi) is 10.5. The van der Waals surface area contributed by atoms with E-state index in [0.29, 0.717) is 12.8 Å². The van der Waals surface area contributed by atoms with Crippen molar-refractivity contribution in [2.24, 2.45) is 5.73 Å². The Morgan fingerprint density at radius 2 is 2.23 bits per heavy atom. The van der Waals surface area contributed by atoms with E-state index in [2.05, 4.69) is 4.74 Å². The highest BCUT2D eigenvalue weighted by molar-refractivity contribution is 5.85. The summed E-state index contributed by atoms with van der Waals surface area (Å²) in [4.78, 5) is 10.8. The van der Waals surface area contributed by atoms with Crippen LogP contribution < -0.4 is 5.73 Å². The van der Waals surface area contributed by atoms with Crippen LogP contribution in [0.25, 0.3) is 0 Å². The van der Waals surface area contributed by atoms with Crippen LogP contribution in [0.1, 0.15) is 25.7 Å². The molecule has 0 aliphatic rings. The summed E-state index contributed by atoms with van der Waals surface area (Å²) in [5.74, 6) is -0.382. The molecule has 0 aliphatic heterocycles. The molecule has 13 heavy (non-hydrogen) atoms. The number of carbonyl (C=O) groups excluding carboxylic acids is 1. The Hall–Kier alpha value is -0.790. The second-order valence-corrected chi connectivity index (χ2v) is 2.53.